The number of piperidine rings is 1. The van der Waals surface area contributed by atoms with E-state index in [0.29, 0.717) is 11.3 Å². The van der Waals surface area contributed by atoms with Gasteiger partial charge in [0.15, 0.2) is 5.96 Å². The number of rotatable bonds is 7. The first-order valence-electron chi connectivity index (χ1n) is 11.2. The van der Waals surface area contributed by atoms with Crippen molar-refractivity contribution < 1.29 is 14.3 Å². The highest BCUT2D eigenvalue weighted by Crippen LogP contribution is 2.40. The smallest absolute Gasteiger partial charge is 0.410 e. The van der Waals surface area contributed by atoms with E-state index in [1.54, 1.807) is 7.11 Å². The Morgan fingerprint density at radius 1 is 1.21 bits per heavy atom. The second kappa shape index (κ2) is 11.0. The summed E-state index contributed by atoms with van der Waals surface area (Å²) < 4.78 is 10.9. The molecule has 1 atom stereocenters. The quantitative estimate of drug-likeness (QED) is 0.497. The van der Waals surface area contributed by atoms with E-state index in [4.69, 9.17) is 9.47 Å². The number of amides is 1. The van der Waals surface area contributed by atoms with Crippen molar-refractivity contribution in [1.82, 2.24) is 15.5 Å². The maximum Gasteiger partial charge on any atom is 0.410 e. The van der Waals surface area contributed by atoms with Crippen LogP contribution in [0.15, 0.2) is 4.99 Å². The molecule has 1 saturated heterocycles. The molecule has 0 aromatic carbocycles. The second-order valence-corrected chi connectivity index (χ2v) is 9.69. The van der Waals surface area contributed by atoms with Gasteiger partial charge in [0.25, 0.3) is 0 Å². The average molecular weight is 411 g/mol. The Hall–Kier alpha value is -1.50. The number of carbonyl (C=O) groups is 1. The molecular formula is C22H42N4O3. The van der Waals surface area contributed by atoms with Gasteiger partial charge in [0.05, 0.1) is 0 Å². The predicted molar refractivity (Wildman–Crippen MR) is 117 cm³/mol. The van der Waals surface area contributed by atoms with Gasteiger partial charge in [-0.2, -0.15) is 0 Å². The molecule has 1 aliphatic carbocycles. The van der Waals surface area contributed by atoms with E-state index >= 15 is 0 Å². The van der Waals surface area contributed by atoms with Gasteiger partial charge in [-0.05, 0) is 64.2 Å². The minimum Gasteiger partial charge on any atom is -0.444 e. The maximum atomic E-state index is 12.4. The van der Waals surface area contributed by atoms with Crippen molar-refractivity contribution in [3.63, 3.8) is 0 Å². The van der Waals surface area contributed by atoms with Crippen LogP contribution < -0.4 is 10.6 Å². The Bertz CT molecular complexity index is 539. The monoisotopic (exact) mass is 410 g/mol. The molecule has 7 heteroatoms. The average Bonchev–Trinajstić information content (AvgIpc) is 3.14. The number of hydrogen-bond donors (Lipinski definition) is 2. The molecule has 2 N–H and O–H groups in total. The summed E-state index contributed by atoms with van der Waals surface area (Å²) in [4.78, 5) is 18.6. The van der Waals surface area contributed by atoms with E-state index in [1.807, 2.05) is 32.7 Å². The summed E-state index contributed by atoms with van der Waals surface area (Å²) in [6, 6.07) is 0. The van der Waals surface area contributed by atoms with Crippen LogP contribution in [0.25, 0.3) is 0 Å². The number of likely N-dealkylation sites (tertiary alicyclic amines) is 1. The van der Waals surface area contributed by atoms with Gasteiger partial charge >= 0.3 is 6.09 Å². The SMILES string of the molecule is CN=C(NCC1CCCN(C(=O)OC(C)(C)C)C1)NCC1(CCOC)CCCC1. The number of guanidine groups is 1. The number of nitrogens with zero attached hydrogens (tertiary/aromatic N) is 2. The Labute approximate surface area is 177 Å². The zero-order valence-corrected chi connectivity index (χ0v) is 19.2. The van der Waals surface area contributed by atoms with Gasteiger partial charge in [0.1, 0.15) is 5.60 Å². The van der Waals surface area contributed by atoms with E-state index in [2.05, 4.69) is 15.6 Å². The third kappa shape index (κ3) is 8.03. The van der Waals surface area contributed by atoms with Crippen molar-refractivity contribution >= 4 is 12.1 Å². The Kier molecular flexibility index (Phi) is 9.05. The lowest BCUT2D eigenvalue weighted by Gasteiger charge is -2.34. The zero-order chi connectivity index (χ0) is 21.3. The first-order valence-corrected chi connectivity index (χ1v) is 11.2. The summed E-state index contributed by atoms with van der Waals surface area (Å²) in [6.07, 6.45) is 8.15. The zero-order valence-electron chi connectivity index (χ0n) is 19.2. The number of hydrogen-bond acceptors (Lipinski definition) is 4. The van der Waals surface area contributed by atoms with E-state index < -0.39 is 5.60 Å². The van der Waals surface area contributed by atoms with Crippen molar-refractivity contribution in [3.8, 4) is 0 Å². The summed E-state index contributed by atoms with van der Waals surface area (Å²) >= 11 is 0. The van der Waals surface area contributed by atoms with Crippen LogP contribution in [-0.4, -0.2) is 69.5 Å². The summed E-state index contributed by atoms with van der Waals surface area (Å²) in [5.41, 5.74) is -0.126. The van der Waals surface area contributed by atoms with Gasteiger partial charge in [-0.1, -0.05) is 12.8 Å². The third-order valence-electron chi connectivity index (χ3n) is 6.08. The molecule has 2 rings (SSSR count). The van der Waals surface area contributed by atoms with E-state index in [-0.39, 0.29) is 6.09 Å². The maximum absolute atomic E-state index is 12.4. The van der Waals surface area contributed by atoms with Crippen LogP contribution in [-0.2, 0) is 9.47 Å². The molecule has 1 aliphatic heterocycles. The molecule has 0 radical (unpaired) electrons. The number of aliphatic imine (C=N–C) groups is 1. The van der Waals surface area contributed by atoms with E-state index in [0.717, 1.165) is 58.0 Å². The molecule has 168 valence electrons. The number of methoxy groups -OCH3 is 1. The van der Waals surface area contributed by atoms with Crippen molar-refractivity contribution in [2.75, 3.05) is 46.9 Å². The fraction of sp³-hybridized carbons (Fsp3) is 0.909. The van der Waals surface area contributed by atoms with Crippen LogP contribution in [0.4, 0.5) is 4.79 Å². The first-order chi connectivity index (χ1) is 13.8. The highest BCUT2D eigenvalue weighted by atomic mass is 16.6. The molecule has 1 saturated carbocycles. The number of ether oxygens (including phenoxy) is 2. The molecular weight excluding hydrogens is 368 g/mol. The molecule has 0 bridgehead atoms. The highest BCUT2D eigenvalue weighted by molar-refractivity contribution is 5.79. The van der Waals surface area contributed by atoms with E-state index in [1.165, 1.54) is 25.7 Å². The van der Waals surface area contributed by atoms with Crippen LogP contribution in [0, 0.1) is 11.3 Å². The fourth-order valence-corrected chi connectivity index (χ4v) is 4.42. The Balaban J connectivity index is 1.78. The normalized spacial score (nSPS) is 22.4. The Morgan fingerprint density at radius 2 is 1.93 bits per heavy atom. The Morgan fingerprint density at radius 3 is 2.55 bits per heavy atom. The van der Waals surface area contributed by atoms with Crippen LogP contribution in [0.5, 0.6) is 0 Å². The van der Waals surface area contributed by atoms with Crippen LogP contribution in [0.2, 0.25) is 0 Å². The molecule has 0 aromatic heterocycles. The van der Waals surface area contributed by atoms with Gasteiger partial charge in [-0.15, -0.1) is 0 Å². The number of carbonyl (C=O) groups excluding carboxylic acids is 1. The van der Waals surface area contributed by atoms with Gasteiger partial charge < -0.3 is 25.0 Å². The summed E-state index contributed by atoms with van der Waals surface area (Å²) in [5, 5.41) is 7.02. The molecule has 0 aromatic rings. The van der Waals surface area contributed by atoms with Crippen molar-refractivity contribution in [3.05, 3.63) is 0 Å². The van der Waals surface area contributed by atoms with Gasteiger partial charge in [0.2, 0.25) is 0 Å². The lowest BCUT2D eigenvalue weighted by atomic mass is 9.83. The van der Waals surface area contributed by atoms with Crippen molar-refractivity contribution in [1.29, 1.82) is 0 Å². The van der Waals surface area contributed by atoms with Crippen molar-refractivity contribution in [2.45, 2.75) is 71.3 Å². The van der Waals surface area contributed by atoms with E-state index in [9.17, 15) is 4.79 Å². The first kappa shape index (κ1) is 23.8. The van der Waals surface area contributed by atoms with Crippen molar-refractivity contribution in [2.24, 2.45) is 16.3 Å². The van der Waals surface area contributed by atoms with Crippen LogP contribution >= 0.6 is 0 Å². The van der Waals surface area contributed by atoms with Crippen LogP contribution in [0.3, 0.4) is 0 Å². The molecule has 29 heavy (non-hydrogen) atoms. The molecule has 1 unspecified atom stereocenters. The largest absolute Gasteiger partial charge is 0.444 e. The fourth-order valence-electron chi connectivity index (χ4n) is 4.42. The summed E-state index contributed by atoms with van der Waals surface area (Å²) in [7, 11) is 3.60. The topological polar surface area (TPSA) is 75.2 Å². The lowest BCUT2D eigenvalue weighted by molar-refractivity contribution is 0.0168. The highest BCUT2D eigenvalue weighted by Gasteiger charge is 2.33. The lowest BCUT2D eigenvalue weighted by Crippen LogP contribution is -2.48. The molecule has 0 spiro atoms. The molecule has 7 nitrogen and oxygen atoms in total. The molecule has 2 fully saturated rings. The standard InChI is InChI=1S/C22H42N4O3/c1-21(2,3)29-20(27)26-13-8-9-18(16-26)15-24-19(23-4)25-17-22(12-14-28-5)10-6-7-11-22/h18H,6-17H2,1-5H3,(H2,23,24,25). The molecule has 2 aliphatic rings. The van der Waals surface area contributed by atoms with Gasteiger partial charge in [0, 0.05) is 46.9 Å². The molecule has 1 amide bonds. The third-order valence-corrected chi connectivity index (χ3v) is 6.08. The summed E-state index contributed by atoms with van der Waals surface area (Å²) in [5.74, 6) is 1.26. The van der Waals surface area contributed by atoms with Gasteiger partial charge in [-0.3, -0.25) is 4.99 Å². The van der Waals surface area contributed by atoms with Gasteiger partial charge in [-0.25, -0.2) is 4.79 Å². The summed E-state index contributed by atoms with van der Waals surface area (Å²) in [6.45, 7) is 9.80. The second-order valence-electron chi connectivity index (χ2n) is 9.69. The predicted octanol–water partition coefficient (Wildman–Crippen LogP) is 3.40. The molecule has 1 heterocycles. The number of nitrogens with one attached hydrogen (secondary N) is 2. The van der Waals surface area contributed by atoms with Crippen LogP contribution in [0.1, 0.15) is 65.7 Å². The minimum absolute atomic E-state index is 0.203. The minimum atomic E-state index is -0.451.